The molecule has 0 amide bonds. The molecule has 0 unspecified atom stereocenters. The normalized spacial score (nSPS) is 11.9. The van der Waals surface area contributed by atoms with Crippen LogP contribution in [0.15, 0.2) is 194 Å². The predicted molar refractivity (Wildman–Crippen MR) is 287 cm³/mol. The average molecular weight is 857 g/mol. The van der Waals surface area contributed by atoms with Crippen LogP contribution < -0.4 is 9.80 Å². The molecule has 0 aliphatic heterocycles. The zero-order chi connectivity index (χ0) is 45.6. The lowest BCUT2D eigenvalue weighted by Crippen LogP contribution is -2.13. The lowest BCUT2D eigenvalue weighted by molar-refractivity contribution is 0.866. The van der Waals surface area contributed by atoms with E-state index in [-0.39, 0.29) is 0 Å². The van der Waals surface area contributed by atoms with Crippen LogP contribution in [-0.4, -0.2) is 0 Å². The van der Waals surface area contributed by atoms with Crippen molar-refractivity contribution in [3.8, 4) is 22.3 Å². The minimum absolute atomic E-state index is 0.294. The number of rotatable bonds is 12. The van der Waals surface area contributed by atoms with Crippen molar-refractivity contribution in [2.24, 2.45) is 0 Å². The Kier molecular flexibility index (Phi) is 11.5. The van der Waals surface area contributed by atoms with Crippen molar-refractivity contribution in [1.82, 2.24) is 0 Å². The first kappa shape index (κ1) is 42.8. The molecule has 0 heterocycles. The number of nitrogens with zero attached hydrogens (tertiary/aromatic N) is 2. The van der Waals surface area contributed by atoms with Crippen molar-refractivity contribution in [2.45, 2.75) is 79.1 Å². The topological polar surface area (TPSA) is 6.48 Å². The molecule has 326 valence electrons. The van der Waals surface area contributed by atoms with Crippen LogP contribution in [0.3, 0.4) is 0 Å². The van der Waals surface area contributed by atoms with E-state index in [2.05, 4.69) is 259 Å². The van der Waals surface area contributed by atoms with Crippen LogP contribution in [0, 0.1) is 0 Å². The second-order valence-electron chi connectivity index (χ2n) is 19.3. The van der Waals surface area contributed by atoms with Gasteiger partial charge in [0.25, 0.3) is 0 Å². The fourth-order valence-electron chi connectivity index (χ4n) is 10.1. The summed E-state index contributed by atoms with van der Waals surface area (Å²) in [6, 6.07) is 72.8. The second kappa shape index (κ2) is 17.7. The van der Waals surface area contributed by atoms with Crippen LogP contribution in [0.4, 0.5) is 34.1 Å². The van der Waals surface area contributed by atoms with Gasteiger partial charge < -0.3 is 9.80 Å². The molecule has 10 aromatic rings. The molecule has 0 aliphatic carbocycles. The minimum atomic E-state index is 0.294. The van der Waals surface area contributed by atoms with Gasteiger partial charge in [-0.3, -0.25) is 0 Å². The maximum atomic E-state index is 2.52. The Morgan fingerprint density at radius 2 is 0.636 bits per heavy atom. The summed E-state index contributed by atoms with van der Waals surface area (Å²) in [5.41, 5.74) is 17.1. The third-order valence-corrected chi connectivity index (χ3v) is 13.7. The highest BCUT2D eigenvalue weighted by molar-refractivity contribution is 6.29. The third kappa shape index (κ3) is 7.79. The van der Waals surface area contributed by atoms with Gasteiger partial charge in [0.1, 0.15) is 0 Å². The van der Waals surface area contributed by atoms with Gasteiger partial charge in [-0.1, -0.05) is 177 Å². The first-order chi connectivity index (χ1) is 32.0. The summed E-state index contributed by atoms with van der Waals surface area (Å²) in [5, 5.41) is 7.83. The van der Waals surface area contributed by atoms with E-state index in [1.54, 1.807) is 0 Å². The van der Waals surface area contributed by atoms with Gasteiger partial charge in [0, 0.05) is 33.5 Å². The molecule has 0 N–H and O–H groups in total. The molecule has 0 atom stereocenters. The van der Waals surface area contributed by atoms with Crippen LogP contribution >= 0.6 is 0 Å². The molecule has 0 bridgehead atoms. The molecule has 10 aromatic carbocycles. The lowest BCUT2D eigenvalue weighted by atomic mass is 9.83. The maximum absolute atomic E-state index is 2.52. The molecule has 66 heavy (non-hydrogen) atoms. The van der Waals surface area contributed by atoms with Crippen LogP contribution in [0.25, 0.3) is 54.6 Å². The number of benzene rings is 10. The summed E-state index contributed by atoms with van der Waals surface area (Å²) in [7, 11) is 0. The van der Waals surface area contributed by atoms with E-state index in [1.165, 1.54) is 88.2 Å². The summed E-state index contributed by atoms with van der Waals surface area (Å²) in [5.74, 6) is 1.47. The maximum Gasteiger partial charge on any atom is 0.0540 e. The fourth-order valence-corrected chi connectivity index (χ4v) is 10.1. The van der Waals surface area contributed by atoms with E-state index >= 15 is 0 Å². The monoisotopic (exact) mass is 856 g/mol. The fraction of sp³-hybridized carbons (Fsp3) is 0.188. The summed E-state index contributed by atoms with van der Waals surface area (Å²) in [4.78, 5) is 5.00. The molecule has 2 heteroatoms. The van der Waals surface area contributed by atoms with Gasteiger partial charge in [0.2, 0.25) is 0 Å². The summed E-state index contributed by atoms with van der Waals surface area (Å²) < 4.78 is 0. The molecular formula is C64H60N2. The molecule has 0 fully saturated rings. The van der Waals surface area contributed by atoms with E-state index in [1.807, 2.05) is 0 Å². The Hall–Kier alpha value is -7.16. The molecule has 0 radical (unpaired) electrons. The first-order valence-corrected chi connectivity index (χ1v) is 23.9. The minimum Gasteiger partial charge on any atom is -0.310 e. The summed E-state index contributed by atoms with van der Waals surface area (Å²) in [6.45, 7) is 18.5. The van der Waals surface area contributed by atoms with Crippen molar-refractivity contribution >= 4 is 66.4 Å². The van der Waals surface area contributed by atoms with Gasteiger partial charge in [-0.2, -0.15) is 0 Å². The van der Waals surface area contributed by atoms with Crippen LogP contribution in [-0.2, 0) is 0 Å². The van der Waals surface area contributed by atoms with Crippen molar-refractivity contribution in [3.05, 3.63) is 216 Å². The van der Waals surface area contributed by atoms with Gasteiger partial charge in [-0.15, -0.1) is 0 Å². The second-order valence-corrected chi connectivity index (χ2v) is 19.3. The average Bonchev–Trinajstić information content (AvgIpc) is 3.34. The molecule has 0 aliphatic rings. The Labute approximate surface area is 392 Å². The highest BCUT2D eigenvalue weighted by Gasteiger charge is 2.26. The molecular weight excluding hydrogens is 797 g/mol. The molecule has 2 nitrogen and oxygen atoms in total. The summed E-state index contributed by atoms with van der Waals surface area (Å²) >= 11 is 0. The van der Waals surface area contributed by atoms with E-state index in [4.69, 9.17) is 0 Å². The van der Waals surface area contributed by atoms with Gasteiger partial charge >= 0.3 is 0 Å². The molecule has 0 saturated heterocycles. The predicted octanol–water partition coefficient (Wildman–Crippen LogP) is 19.4. The number of hydrogen-bond donors (Lipinski definition) is 0. The van der Waals surface area contributed by atoms with Crippen molar-refractivity contribution in [3.63, 3.8) is 0 Å². The van der Waals surface area contributed by atoms with E-state index in [0.717, 1.165) is 22.7 Å². The largest absolute Gasteiger partial charge is 0.310 e. The Balaban J connectivity index is 1.29. The van der Waals surface area contributed by atoms with Crippen LogP contribution in [0.1, 0.15) is 101 Å². The molecule has 0 saturated carbocycles. The van der Waals surface area contributed by atoms with Gasteiger partial charge in [-0.05, 0) is 163 Å². The Morgan fingerprint density at radius 3 is 0.985 bits per heavy atom. The third-order valence-electron chi connectivity index (χ3n) is 13.7. The standard InChI is InChI=1S/C64H60N2/c1-41(2)45-25-29-51(30-26-45)65(53-23-15-21-49(37-53)47-17-11-9-12-18-47)61-35-33-55-58(44(7)8)40-60-62(36-34-56-57(43(5)6)39-59(61)63(55)64(56)60)66(52-31-27-46(28-32-52)42(3)4)54-24-16-22-50(38-54)48-19-13-10-14-20-48/h9-44H,1-8H3. The molecule has 0 spiro atoms. The highest BCUT2D eigenvalue weighted by Crippen LogP contribution is 2.51. The SMILES string of the molecule is CC(C)c1ccc(N(c2cccc(-c3ccccc3)c2)c2ccc3c(C(C)C)cc4c(N(c5ccc(C(C)C)cc5)c5cccc(-c6ccccc6)c5)ccc5c(C(C)C)cc2c3c54)cc1. The first-order valence-electron chi connectivity index (χ1n) is 23.9. The Bertz CT molecular complexity index is 3060. The zero-order valence-corrected chi connectivity index (χ0v) is 39.7. The molecule has 10 rings (SSSR count). The van der Waals surface area contributed by atoms with Crippen molar-refractivity contribution in [1.29, 1.82) is 0 Å². The lowest BCUT2D eigenvalue weighted by Gasteiger charge is -2.31. The van der Waals surface area contributed by atoms with Crippen molar-refractivity contribution in [2.75, 3.05) is 9.80 Å². The van der Waals surface area contributed by atoms with Crippen LogP contribution in [0.5, 0.6) is 0 Å². The van der Waals surface area contributed by atoms with E-state index in [0.29, 0.717) is 23.7 Å². The number of anilines is 6. The van der Waals surface area contributed by atoms with E-state index in [9.17, 15) is 0 Å². The summed E-state index contributed by atoms with van der Waals surface area (Å²) in [6.07, 6.45) is 0. The zero-order valence-electron chi connectivity index (χ0n) is 39.7. The quantitative estimate of drug-likeness (QED) is 0.113. The van der Waals surface area contributed by atoms with Gasteiger partial charge in [0.15, 0.2) is 0 Å². The number of hydrogen-bond acceptors (Lipinski definition) is 2. The molecule has 0 aromatic heterocycles. The van der Waals surface area contributed by atoms with Gasteiger partial charge in [0.05, 0.1) is 11.4 Å². The van der Waals surface area contributed by atoms with Crippen molar-refractivity contribution < 1.29 is 0 Å². The smallest absolute Gasteiger partial charge is 0.0540 e. The highest BCUT2D eigenvalue weighted by atomic mass is 15.1. The van der Waals surface area contributed by atoms with E-state index < -0.39 is 0 Å². The Morgan fingerprint density at radius 1 is 0.273 bits per heavy atom. The van der Waals surface area contributed by atoms with Gasteiger partial charge in [-0.25, -0.2) is 0 Å². The van der Waals surface area contributed by atoms with Crippen LogP contribution in [0.2, 0.25) is 0 Å².